The largest absolute Gasteiger partial charge is 0.493 e. The molecule has 3 aromatic rings. The Morgan fingerprint density at radius 3 is 2.33 bits per heavy atom. The summed E-state index contributed by atoms with van der Waals surface area (Å²) < 4.78 is 22.3. The number of carbonyl (C=O) groups excluding carboxylic acids is 1. The van der Waals surface area contributed by atoms with Crippen molar-refractivity contribution in [2.24, 2.45) is 5.92 Å². The summed E-state index contributed by atoms with van der Waals surface area (Å²) in [6.07, 6.45) is 8.57. The van der Waals surface area contributed by atoms with Crippen LogP contribution >= 0.6 is 0 Å². The van der Waals surface area contributed by atoms with Gasteiger partial charge in [0.15, 0.2) is 11.5 Å². The summed E-state index contributed by atoms with van der Waals surface area (Å²) in [5, 5.41) is 3.59. The van der Waals surface area contributed by atoms with Gasteiger partial charge >= 0.3 is 6.09 Å². The molecule has 1 aliphatic carbocycles. The molecule has 0 aliphatic heterocycles. The number of anilines is 1. The summed E-state index contributed by atoms with van der Waals surface area (Å²) >= 11 is 0. The molecule has 0 unspecified atom stereocenters. The number of pyridine rings is 1. The van der Waals surface area contributed by atoms with Gasteiger partial charge in [-0.15, -0.1) is 0 Å². The van der Waals surface area contributed by atoms with Crippen LogP contribution in [0.1, 0.15) is 38.5 Å². The van der Waals surface area contributed by atoms with Crippen molar-refractivity contribution in [2.75, 3.05) is 26.1 Å². The van der Waals surface area contributed by atoms with E-state index in [0.29, 0.717) is 41.2 Å². The first-order valence-electron chi connectivity index (χ1n) is 11.4. The lowest BCUT2D eigenvalue weighted by Gasteiger charge is -2.15. The predicted molar refractivity (Wildman–Crippen MR) is 128 cm³/mol. The highest BCUT2D eigenvalue weighted by molar-refractivity contribution is 5.88. The maximum atomic E-state index is 12.2. The molecule has 7 nitrogen and oxygen atoms in total. The van der Waals surface area contributed by atoms with Crippen LogP contribution in [0.2, 0.25) is 0 Å². The number of methoxy groups -OCH3 is 2. The molecule has 1 aromatic heterocycles. The van der Waals surface area contributed by atoms with Gasteiger partial charge in [0.2, 0.25) is 0 Å². The van der Waals surface area contributed by atoms with Gasteiger partial charge < -0.3 is 18.9 Å². The molecule has 0 radical (unpaired) electrons. The molecule has 33 heavy (non-hydrogen) atoms. The highest BCUT2D eigenvalue weighted by atomic mass is 16.5. The maximum absolute atomic E-state index is 12.2. The van der Waals surface area contributed by atoms with Gasteiger partial charge in [0, 0.05) is 23.3 Å². The number of hydrogen-bond acceptors (Lipinski definition) is 6. The van der Waals surface area contributed by atoms with Gasteiger partial charge in [-0.2, -0.15) is 0 Å². The number of benzene rings is 2. The van der Waals surface area contributed by atoms with E-state index in [4.69, 9.17) is 18.9 Å². The molecule has 1 amide bonds. The van der Waals surface area contributed by atoms with Crippen molar-refractivity contribution in [3.05, 3.63) is 48.7 Å². The summed E-state index contributed by atoms with van der Waals surface area (Å²) in [7, 11) is 3.18. The van der Waals surface area contributed by atoms with Crippen molar-refractivity contribution in [3.8, 4) is 23.0 Å². The highest BCUT2D eigenvalue weighted by Gasteiger charge is 2.15. The summed E-state index contributed by atoms with van der Waals surface area (Å²) in [5.41, 5.74) is 1.39. The van der Waals surface area contributed by atoms with Crippen molar-refractivity contribution >= 4 is 22.7 Å². The van der Waals surface area contributed by atoms with E-state index in [1.165, 1.54) is 25.7 Å². The van der Waals surface area contributed by atoms with Gasteiger partial charge in [0.1, 0.15) is 11.5 Å². The summed E-state index contributed by atoms with van der Waals surface area (Å²) in [6.45, 7) is 0.483. The Morgan fingerprint density at radius 1 is 0.939 bits per heavy atom. The Bertz CT molecular complexity index is 1080. The number of aromatic nitrogens is 1. The Balaban J connectivity index is 1.38. The molecule has 0 atom stereocenters. The van der Waals surface area contributed by atoms with Gasteiger partial charge in [-0.25, -0.2) is 4.79 Å². The lowest BCUT2D eigenvalue weighted by Crippen LogP contribution is -2.18. The van der Waals surface area contributed by atoms with Crippen LogP contribution in [-0.4, -0.2) is 31.9 Å². The van der Waals surface area contributed by atoms with Gasteiger partial charge in [0.25, 0.3) is 0 Å². The van der Waals surface area contributed by atoms with E-state index in [2.05, 4.69) is 10.3 Å². The minimum atomic E-state index is -0.422. The van der Waals surface area contributed by atoms with Crippen LogP contribution in [0.15, 0.2) is 48.7 Å². The molecule has 7 heteroatoms. The minimum Gasteiger partial charge on any atom is -0.493 e. The predicted octanol–water partition coefficient (Wildman–Crippen LogP) is 6.56. The molecule has 0 saturated heterocycles. The fourth-order valence-electron chi connectivity index (χ4n) is 4.15. The zero-order valence-corrected chi connectivity index (χ0v) is 19.1. The van der Waals surface area contributed by atoms with Crippen LogP contribution in [0.4, 0.5) is 10.5 Å². The Hall–Kier alpha value is -3.48. The van der Waals surface area contributed by atoms with E-state index in [9.17, 15) is 4.79 Å². The van der Waals surface area contributed by atoms with Crippen molar-refractivity contribution in [1.29, 1.82) is 0 Å². The van der Waals surface area contributed by atoms with Gasteiger partial charge in [-0.3, -0.25) is 10.3 Å². The maximum Gasteiger partial charge on any atom is 0.411 e. The molecule has 4 rings (SSSR count). The number of amides is 1. The van der Waals surface area contributed by atoms with E-state index >= 15 is 0 Å². The molecule has 1 heterocycles. The van der Waals surface area contributed by atoms with Crippen molar-refractivity contribution in [1.82, 2.24) is 4.98 Å². The third-order valence-corrected chi connectivity index (χ3v) is 5.96. The monoisotopic (exact) mass is 450 g/mol. The van der Waals surface area contributed by atoms with E-state index < -0.39 is 6.09 Å². The van der Waals surface area contributed by atoms with E-state index in [-0.39, 0.29) is 0 Å². The van der Waals surface area contributed by atoms with Gasteiger partial charge in [0.05, 0.1) is 26.3 Å². The molecular formula is C26H30N2O5. The molecule has 1 fully saturated rings. The van der Waals surface area contributed by atoms with Crippen LogP contribution in [0, 0.1) is 5.92 Å². The highest BCUT2D eigenvalue weighted by Crippen LogP contribution is 2.37. The smallest absolute Gasteiger partial charge is 0.411 e. The SMILES string of the molecule is COc1cc2nccc(Oc3ccc(NC(=O)OCC4CCCCCC4)cc3)c2cc1OC. The summed E-state index contributed by atoms with van der Waals surface area (Å²) in [5.74, 6) is 2.96. The fraction of sp³-hybridized carbons (Fsp3) is 0.385. The second-order valence-electron chi connectivity index (χ2n) is 8.24. The zero-order valence-electron chi connectivity index (χ0n) is 19.1. The van der Waals surface area contributed by atoms with Crippen molar-refractivity contribution in [2.45, 2.75) is 38.5 Å². The van der Waals surface area contributed by atoms with Crippen LogP contribution < -0.4 is 19.5 Å². The van der Waals surface area contributed by atoms with Gasteiger partial charge in [-0.05, 0) is 55.2 Å². The fourth-order valence-corrected chi connectivity index (χ4v) is 4.15. The molecule has 1 saturated carbocycles. The standard InChI is InChI=1S/C26H30N2O5/c1-30-24-15-21-22(16-25(24)31-2)27-14-13-23(21)33-20-11-9-19(10-12-20)28-26(29)32-17-18-7-5-3-4-6-8-18/h9-16,18H,3-8,17H2,1-2H3,(H,28,29). The molecule has 2 aromatic carbocycles. The summed E-state index contributed by atoms with van der Waals surface area (Å²) in [6, 6.07) is 12.6. The average molecular weight is 451 g/mol. The van der Waals surface area contributed by atoms with Crippen molar-refractivity contribution < 1.29 is 23.7 Å². The number of rotatable bonds is 7. The molecule has 0 bridgehead atoms. The van der Waals surface area contributed by atoms with Crippen LogP contribution in [0.5, 0.6) is 23.0 Å². The van der Waals surface area contributed by atoms with Crippen LogP contribution in [0.3, 0.4) is 0 Å². The number of fused-ring (bicyclic) bond motifs is 1. The molecule has 1 N–H and O–H groups in total. The lowest BCUT2D eigenvalue weighted by atomic mass is 10.0. The lowest BCUT2D eigenvalue weighted by molar-refractivity contribution is 0.136. The van der Waals surface area contributed by atoms with Crippen LogP contribution in [-0.2, 0) is 4.74 Å². The Morgan fingerprint density at radius 2 is 1.64 bits per heavy atom. The number of carbonyl (C=O) groups is 1. The topological polar surface area (TPSA) is 78.9 Å². The quantitative estimate of drug-likeness (QED) is 0.411. The zero-order chi connectivity index (χ0) is 23.0. The Labute approximate surface area is 194 Å². The molecule has 174 valence electrons. The van der Waals surface area contributed by atoms with E-state index in [0.717, 1.165) is 23.7 Å². The average Bonchev–Trinajstić information content (AvgIpc) is 3.12. The number of nitrogens with zero attached hydrogens (tertiary/aromatic N) is 1. The first kappa shape index (κ1) is 22.7. The minimum absolute atomic E-state index is 0.422. The first-order valence-corrected chi connectivity index (χ1v) is 11.4. The molecule has 0 spiro atoms. The molecular weight excluding hydrogens is 420 g/mol. The second kappa shape index (κ2) is 10.9. The summed E-state index contributed by atoms with van der Waals surface area (Å²) in [4.78, 5) is 16.6. The number of hydrogen-bond donors (Lipinski definition) is 1. The van der Waals surface area contributed by atoms with Crippen molar-refractivity contribution in [3.63, 3.8) is 0 Å². The normalized spacial score (nSPS) is 14.4. The third kappa shape index (κ3) is 5.86. The first-order chi connectivity index (χ1) is 16.2. The van der Waals surface area contributed by atoms with E-state index in [1.807, 2.05) is 12.1 Å². The number of nitrogens with one attached hydrogen (secondary N) is 1. The number of ether oxygens (including phenoxy) is 4. The Kier molecular flexibility index (Phi) is 7.50. The third-order valence-electron chi connectivity index (χ3n) is 5.96. The second-order valence-corrected chi connectivity index (χ2v) is 8.24. The molecule has 1 aliphatic rings. The van der Waals surface area contributed by atoms with Gasteiger partial charge in [-0.1, -0.05) is 25.7 Å². The van der Waals surface area contributed by atoms with E-state index in [1.54, 1.807) is 50.7 Å². The van der Waals surface area contributed by atoms with Crippen LogP contribution in [0.25, 0.3) is 10.9 Å².